The van der Waals surface area contributed by atoms with Crippen LogP contribution in [0.3, 0.4) is 0 Å². The number of rotatable bonds is 5. The summed E-state index contributed by atoms with van der Waals surface area (Å²) in [7, 11) is -1.20. The molecule has 0 aromatic rings. The maximum atomic E-state index is 11.0. The third-order valence-corrected chi connectivity index (χ3v) is 2.82. The SMILES string of the molecule is COP(=O)(COP=O)OC. The molecule has 0 radical (unpaired) electrons. The fraction of sp³-hybridized carbons (Fsp3) is 1.00. The van der Waals surface area contributed by atoms with Crippen LogP contribution in [0.1, 0.15) is 0 Å². The van der Waals surface area contributed by atoms with Crippen LogP contribution in [0.4, 0.5) is 0 Å². The third-order valence-electron chi connectivity index (χ3n) is 0.825. The first-order valence-corrected chi connectivity index (χ1v) is 4.79. The second-order valence-corrected chi connectivity index (χ2v) is 3.93. The lowest BCUT2D eigenvalue weighted by Crippen LogP contribution is -1.93. The van der Waals surface area contributed by atoms with Gasteiger partial charge in [-0.15, -0.1) is 0 Å². The van der Waals surface area contributed by atoms with Crippen molar-refractivity contribution in [2.24, 2.45) is 0 Å². The summed E-state index contributed by atoms with van der Waals surface area (Å²) >= 11 is 0. The molecule has 0 heterocycles. The van der Waals surface area contributed by atoms with Gasteiger partial charge in [0, 0.05) is 14.2 Å². The van der Waals surface area contributed by atoms with E-state index in [1.54, 1.807) is 0 Å². The molecule has 10 heavy (non-hydrogen) atoms. The second kappa shape index (κ2) is 4.94. The normalized spacial score (nSPS) is 12.2. The molecule has 0 saturated carbocycles. The van der Waals surface area contributed by atoms with Crippen LogP contribution >= 0.6 is 16.3 Å². The van der Waals surface area contributed by atoms with Crippen LogP contribution < -0.4 is 0 Å². The lowest BCUT2D eigenvalue weighted by Gasteiger charge is -2.09. The molecule has 5 nitrogen and oxygen atoms in total. The van der Waals surface area contributed by atoms with Crippen molar-refractivity contribution in [3.63, 3.8) is 0 Å². The molecule has 0 N–H and O–H groups in total. The predicted octanol–water partition coefficient (Wildman–Crippen LogP) is 1.65. The highest BCUT2D eigenvalue weighted by molar-refractivity contribution is 7.53. The minimum atomic E-state index is -3.13. The highest BCUT2D eigenvalue weighted by Crippen LogP contribution is 2.46. The molecule has 0 amide bonds. The molecular formula is C3H8O5P2. The van der Waals surface area contributed by atoms with Gasteiger partial charge >= 0.3 is 16.3 Å². The van der Waals surface area contributed by atoms with E-state index in [4.69, 9.17) is 0 Å². The zero-order chi connectivity index (χ0) is 8.04. The summed E-state index contributed by atoms with van der Waals surface area (Å²) in [5.41, 5.74) is 0. The largest absolute Gasteiger partial charge is 0.356 e. The van der Waals surface area contributed by atoms with E-state index < -0.39 is 16.3 Å². The third kappa shape index (κ3) is 3.40. The van der Waals surface area contributed by atoms with Crippen LogP contribution in [0.25, 0.3) is 0 Å². The first-order chi connectivity index (χ1) is 4.68. The van der Waals surface area contributed by atoms with Gasteiger partial charge in [0.15, 0.2) is 6.35 Å². The summed E-state index contributed by atoms with van der Waals surface area (Å²) in [6, 6.07) is 0. The molecular weight excluding hydrogens is 178 g/mol. The minimum Gasteiger partial charge on any atom is -0.310 e. The first-order valence-electron chi connectivity index (χ1n) is 2.33. The minimum absolute atomic E-state index is 0.301. The molecule has 0 aliphatic carbocycles. The molecule has 0 atom stereocenters. The molecule has 0 aliphatic heterocycles. The van der Waals surface area contributed by atoms with Gasteiger partial charge in [0.2, 0.25) is 0 Å². The van der Waals surface area contributed by atoms with Crippen molar-refractivity contribution in [3.8, 4) is 0 Å². The van der Waals surface area contributed by atoms with Crippen molar-refractivity contribution in [2.75, 3.05) is 20.6 Å². The van der Waals surface area contributed by atoms with Crippen molar-refractivity contribution in [1.29, 1.82) is 0 Å². The van der Waals surface area contributed by atoms with Gasteiger partial charge in [0.05, 0.1) is 0 Å². The van der Waals surface area contributed by atoms with Crippen molar-refractivity contribution in [1.82, 2.24) is 0 Å². The summed E-state index contributed by atoms with van der Waals surface area (Å²) < 4.78 is 33.9. The molecule has 0 aromatic carbocycles. The van der Waals surface area contributed by atoms with Crippen LogP contribution in [0, 0.1) is 0 Å². The van der Waals surface area contributed by atoms with E-state index in [1.165, 1.54) is 14.2 Å². The molecule has 0 aromatic heterocycles. The van der Waals surface area contributed by atoms with Crippen molar-refractivity contribution in [2.45, 2.75) is 0 Å². The van der Waals surface area contributed by atoms with Crippen LogP contribution in [0.15, 0.2) is 0 Å². The molecule has 0 fully saturated rings. The van der Waals surface area contributed by atoms with E-state index in [0.717, 1.165) is 0 Å². The molecule has 0 spiro atoms. The molecule has 0 bridgehead atoms. The summed E-state index contributed by atoms with van der Waals surface area (Å²) in [6.07, 6.45) is -0.301. The van der Waals surface area contributed by atoms with Gasteiger partial charge < -0.3 is 9.05 Å². The second-order valence-electron chi connectivity index (χ2n) is 1.31. The predicted molar refractivity (Wildman–Crippen MR) is 35.2 cm³/mol. The zero-order valence-corrected chi connectivity index (χ0v) is 7.43. The van der Waals surface area contributed by atoms with E-state index in [1.807, 2.05) is 0 Å². The lowest BCUT2D eigenvalue weighted by atomic mass is 11.7. The van der Waals surface area contributed by atoms with E-state index in [9.17, 15) is 9.13 Å². The van der Waals surface area contributed by atoms with E-state index in [0.29, 0.717) is 0 Å². The van der Waals surface area contributed by atoms with Gasteiger partial charge in [0.25, 0.3) is 0 Å². The van der Waals surface area contributed by atoms with E-state index >= 15 is 0 Å². The van der Waals surface area contributed by atoms with Gasteiger partial charge in [-0.1, -0.05) is 0 Å². The summed E-state index contributed by atoms with van der Waals surface area (Å²) in [5.74, 6) is 0. The summed E-state index contributed by atoms with van der Waals surface area (Å²) in [4.78, 5) is 0. The molecule has 0 unspecified atom stereocenters. The van der Waals surface area contributed by atoms with Crippen LogP contribution in [0.5, 0.6) is 0 Å². The van der Waals surface area contributed by atoms with E-state index in [-0.39, 0.29) is 6.35 Å². The Balaban J connectivity index is 3.81. The Morgan fingerprint density at radius 1 is 1.40 bits per heavy atom. The average Bonchev–Trinajstić information content (AvgIpc) is 2.00. The van der Waals surface area contributed by atoms with Crippen molar-refractivity contribution < 1.29 is 22.7 Å². The smallest absolute Gasteiger partial charge is 0.310 e. The highest BCUT2D eigenvalue weighted by atomic mass is 31.2. The highest BCUT2D eigenvalue weighted by Gasteiger charge is 2.20. The van der Waals surface area contributed by atoms with Crippen LogP contribution in [-0.4, -0.2) is 20.6 Å². The lowest BCUT2D eigenvalue weighted by molar-refractivity contribution is 0.246. The Hall–Kier alpha value is 0.210. The molecule has 0 rings (SSSR count). The molecule has 0 saturated heterocycles. The summed E-state index contributed by atoms with van der Waals surface area (Å²) in [6.45, 7) is 0. The molecule has 0 aliphatic rings. The standard InChI is InChI=1S/C3H8O5P2/c1-6-10(5,7-2)3-8-9-4/h3H2,1-2H3. The van der Waals surface area contributed by atoms with Gasteiger partial charge in [0.1, 0.15) is 0 Å². The van der Waals surface area contributed by atoms with Crippen LogP contribution in [-0.2, 0) is 22.7 Å². The van der Waals surface area contributed by atoms with Gasteiger partial charge in [-0.05, 0) is 0 Å². The molecule has 60 valence electrons. The van der Waals surface area contributed by atoms with Crippen LogP contribution in [0.2, 0.25) is 0 Å². The fourth-order valence-electron chi connectivity index (χ4n) is 0.274. The number of hydrogen-bond donors (Lipinski definition) is 0. The fourth-order valence-corrected chi connectivity index (χ4v) is 1.39. The molecule has 7 heteroatoms. The Morgan fingerprint density at radius 3 is 2.20 bits per heavy atom. The zero-order valence-electron chi connectivity index (χ0n) is 5.64. The van der Waals surface area contributed by atoms with Gasteiger partial charge in [-0.25, -0.2) is 4.57 Å². The Morgan fingerprint density at radius 2 is 1.90 bits per heavy atom. The maximum absolute atomic E-state index is 11.0. The van der Waals surface area contributed by atoms with Gasteiger partial charge in [-0.2, -0.15) is 0 Å². The van der Waals surface area contributed by atoms with Gasteiger partial charge in [-0.3, -0.25) is 9.09 Å². The average molecular weight is 186 g/mol. The van der Waals surface area contributed by atoms with Crippen molar-refractivity contribution >= 4 is 16.3 Å². The Labute approximate surface area is 60.5 Å². The number of hydrogen-bond acceptors (Lipinski definition) is 5. The topological polar surface area (TPSA) is 61.8 Å². The quantitative estimate of drug-likeness (QED) is 0.610. The first kappa shape index (κ1) is 10.2. The Bertz CT molecular complexity index is 138. The monoisotopic (exact) mass is 186 g/mol. The maximum Gasteiger partial charge on any atom is 0.356 e. The van der Waals surface area contributed by atoms with E-state index in [2.05, 4.69) is 13.6 Å². The summed E-state index contributed by atoms with van der Waals surface area (Å²) in [5, 5.41) is 0. The Kier molecular flexibility index (Phi) is 5.04. The van der Waals surface area contributed by atoms with Crippen molar-refractivity contribution in [3.05, 3.63) is 0 Å².